The second-order valence-corrected chi connectivity index (χ2v) is 4.84. The lowest BCUT2D eigenvalue weighted by atomic mass is 9.79. The Morgan fingerprint density at radius 2 is 2.00 bits per heavy atom. The van der Waals surface area contributed by atoms with Crippen LogP contribution in [0.15, 0.2) is 0 Å². The molecule has 1 unspecified atom stereocenters. The molecule has 0 amide bonds. The van der Waals surface area contributed by atoms with E-state index in [0.29, 0.717) is 0 Å². The van der Waals surface area contributed by atoms with Crippen LogP contribution < -0.4 is 0 Å². The Labute approximate surface area is 81.6 Å². The van der Waals surface area contributed by atoms with Crippen LogP contribution in [-0.4, -0.2) is 25.9 Å². The van der Waals surface area contributed by atoms with Crippen molar-refractivity contribution in [1.29, 1.82) is 0 Å². The van der Waals surface area contributed by atoms with E-state index in [2.05, 4.69) is 20.8 Å². The molecule has 0 radical (unpaired) electrons. The highest BCUT2D eigenvalue weighted by atomic mass is 16.5. The summed E-state index contributed by atoms with van der Waals surface area (Å²) < 4.78 is 11.1. The SMILES string of the molecule is CCC1(C)CC[C@](C)(COC)CO1. The summed E-state index contributed by atoms with van der Waals surface area (Å²) in [4.78, 5) is 0. The van der Waals surface area contributed by atoms with Gasteiger partial charge in [0.05, 0.1) is 18.8 Å². The fourth-order valence-electron chi connectivity index (χ4n) is 1.80. The average molecular weight is 186 g/mol. The van der Waals surface area contributed by atoms with E-state index >= 15 is 0 Å². The lowest BCUT2D eigenvalue weighted by Crippen LogP contribution is -2.43. The van der Waals surface area contributed by atoms with Crippen LogP contribution in [0.1, 0.15) is 40.0 Å². The van der Waals surface area contributed by atoms with Crippen LogP contribution in [0.2, 0.25) is 0 Å². The first-order valence-electron chi connectivity index (χ1n) is 5.16. The van der Waals surface area contributed by atoms with E-state index in [0.717, 1.165) is 26.1 Å². The maximum atomic E-state index is 5.90. The fraction of sp³-hybridized carbons (Fsp3) is 1.00. The van der Waals surface area contributed by atoms with Gasteiger partial charge in [0.25, 0.3) is 0 Å². The van der Waals surface area contributed by atoms with E-state index in [9.17, 15) is 0 Å². The summed E-state index contributed by atoms with van der Waals surface area (Å²) in [5.74, 6) is 0. The molecule has 2 atom stereocenters. The largest absolute Gasteiger partial charge is 0.384 e. The van der Waals surface area contributed by atoms with Gasteiger partial charge in [-0.15, -0.1) is 0 Å². The first-order chi connectivity index (χ1) is 6.04. The molecule has 13 heavy (non-hydrogen) atoms. The van der Waals surface area contributed by atoms with Gasteiger partial charge in [-0.2, -0.15) is 0 Å². The summed E-state index contributed by atoms with van der Waals surface area (Å²) >= 11 is 0. The Morgan fingerprint density at radius 1 is 1.31 bits per heavy atom. The van der Waals surface area contributed by atoms with Gasteiger partial charge in [-0.05, 0) is 26.2 Å². The minimum atomic E-state index is 0.118. The molecule has 0 aromatic carbocycles. The van der Waals surface area contributed by atoms with Crippen LogP contribution in [0, 0.1) is 5.41 Å². The molecule has 78 valence electrons. The molecule has 1 heterocycles. The molecule has 1 fully saturated rings. The van der Waals surface area contributed by atoms with Gasteiger partial charge in [-0.25, -0.2) is 0 Å². The summed E-state index contributed by atoms with van der Waals surface area (Å²) in [6.07, 6.45) is 3.48. The van der Waals surface area contributed by atoms with Crippen molar-refractivity contribution in [3.05, 3.63) is 0 Å². The summed E-state index contributed by atoms with van der Waals surface area (Å²) in [7, 11) is 1.76. The quantitative estimate of drug-likeness (QED) is 0.674. The molecule has 2 heteroatoms. The van der Waals surface area contributed by atoms with Gasteiger partial charge in [-0.1, -0.05) is 13.8 Å². The zero-order chi connectivity index (χ0) is 9.95. The van der Waals surface area contributed by atoms with E-state index in [4.69, 9.17) is 9.47 Å². The molecule has 0 spiro atoms. The Balaban J connectivity index is 2.46. The van der Waals surface area contributed by atoms with Crippen molar-refractivity contribution in [1.82, 2.24) is 0 Å². The Morgan fingerprint density at radius 3 is 2.38 bits per heavy atom. The van der Waals surface area contributed by atoms with Crippen molar-refractivity contribution < 1.29 is 9.47 Å². The van der Waals surface area contributed by atoms with E-state index in [1.165, 1.54) is 6.42 Å². The maximum absolute atomic E-state index is 5.90. The van der Waals surface area contributed by atoms with Crippen LogP contribution in [0.5, 0.6) is 0 Å². The zero-order valence-electron chi connectivity index (χ0n) is 9.35. The fourth-order valence-corrected chi connectivity index (χ4v) is 1.80. The molecule has 2 nitrogen and oxygen atoms in total. The normalized spacial score (nSPS) is 40.6. The molecular weight excluding hydrogens is 164 g/mol. The first kappa shape index (κ1) is 11.0. The number of methoxy groups -OCH3 is 1. The van der Waals surface area contributed by atoms with Crippen molar-refractivity contribution in [3.8, 4) is 0 Å². The predicted molar refractivity (Wildman–Crippen MR) is 53.9 cm³/mol. The van der Waals surface area contributed by atoms with Gasteiger partial charge in [-0.3, -0.25) is 0 Å². The standard InChI is InChI=1S/C11H22O2/c1-5-11(3)7-6-10(2,8-12-4)9-13-11/h5-9H2,1-4H3/t10-,11?/m1/s1. The number of hydrogen-bond acceptors (Lipinski definition) is 2. The molecule has 0 saturated carbocycles. The number of rotatable bonds is 3. The Hall–Kier alpha value is -0.0800. The molecule has 1 saturated heterocycles. The lowest BCUT2D eigenvalue weighted by Gasteiger charge is -2.42. The highest BCUT2D eigenvalue weighted by Crippen LogP contribution is 2.37. The number of hydrogen-bond donors (Lipinski definition) is 0. The molecule has 1 aliphatic rings. The minimum absolute atomic E-state index is 0.118. The molecule has 1 rings (SSSR count). The van der Waals surface area contributed by atoms with Crippen molar-refractivity contribution in [2.45, 2.75) is 45.6 Å². The van der Waals surface area contributed by atoms with Gasteiger partial charge in [0.1, 0.15) is 0 Å². The molecule has 0 aromatic rings. The smallest absolute Gasteiger partial charge is 0.0652 e. The van der Waals surface area contributed by atoms with Crippen molar-refractivity contribution in [2.75, 3.05) is 20.3 Å². The predicted octanol–water partition coefficient (Wildman–Crippen LogP) is 2.62. The molecule has 1 aliphatic heterocycles. The molecule has 0 aromatic heterocycles. The third-order valence-electron chi connectivity index (χ3n) is 3.27. The van der Waals surface area contributed by atoms with Crippen LogP contribution in [-0.2, 0) is 9.47 Å². The van der Waals surface area contributed by atoms with Crippen molar-refractivity contribution >= 4 is 0 Å². The van der Waals surface area contributed by atoms with Gasteiger partial charge in [0.2, 0.25) is 0 Å². The topological polar surface area (TPSA) is 18.5 Å². The third-order valence-corrected chi connectivity index (χ3v) is 3.27. The van der Waals surface area contributed by atoms with E-state index in [1.807, 2.05) is 0 Å². The van der Waals surface area contributed by atoms with Crippen LogP contribution in [0.25, 0.3) is 0 Å². The van der Waals surface area contributed by atoms with Crippen LogP contribution in [0.4, 0.5) is 0 Å². The van der Waals surface area contributed by atoms with Crippen LogP contribution in [0.3, 0.4) is 0 Å². The van der Waals surface area contributed by atoms with Crippen LogP contribution >= 0.6 is 0 Å². The monoisotopic (exact) mass is 186 g/mol. The second kappa shape index (κ2) is 3.97. The summed E-state index contributed by atoms with van der Waals surface area (Å²) in [5, 5.41) is 0. The third kappa shape index (κ3) is 2.68. The van der Waals surface area contributed by atoms with Crippen molar-refractivity contribution in [3.63, 3.8) is 0 Å². The molecule has 0 bridgehead atoms. The maximum Gasteiger partial charge on any atom is 0.0652 e. The second-order valence-electron chi connectivity index (χ2n) is 4.84. The number of ether oxygens (including phenoxy) is 2. The zero-order valence-corrected chi connectivity index (χ0v) is 9.35. The Kier molecular flexibility index (Phi) is 3.36. The van der Waals surface area contributed by atoms with Gasteiger partial charge in [0.15, 0.2) is 0 Å². The molecular formula is C11H22O2. The summed E-state index contributed by atoms with van der Waals surface area (Å²) in [6.45, 7) is 8.29. The minimum Gasteiger partial charge on any atom is -0.384 e. The lowest BCUT2D eigenvalue weighted by molar-refractivity contribution is -0.135. The van der Waals surface area contributed by atoms with Crippen molar-refractivity contribution in [2.24, 2.45) is 5.41 Å². The van der Waals surface area contributed by atoms with E-state index in [-0.39, 0.29) is 11.0 Å². The van der Waals surface area contributed by atoms with Gasteiger partial charge < -0.3 is 9.47 Å². The first-order valence-corrected chi connectivity index (χ1v) is 5.16. The highest BCUT2D eigenvalue weighted by Gasteiger charge is 2.37. The Bertz CT molecular complexity index is 157. The summed E-state index contributed by atoms with van der Waals surface area (Å²) in [5.41, 5.74) is 0.358. The van der Waals surface area contributed by atoms with E-state index < -0.39 is 0 Å². The van der Waals surface area contributed by atoms with Gasteiger partial charge in [0, 0.05) is 12.5 Å². The average Bonchev–Trinajstić information content (AvgIpc) is 2.12. The highest BCUT2D eigenvalue weighted by molar-refractivity contribution is 4.86. The van der Waals surface area contributed by atoms with E-state index in [1.54, 1.807) is 7.11 Å². The molecule has 0 aliphatic carbocycles. The molecule has 0 N–H and O–H groups in total. The van der Waals surface area contributed by atoms with Gasteiger partial charge >= 0.3 is 0 Å². The summed E-state index contributed by atoms with van der Waals surface area (Å²) in [6, 6.07) is 0.